The molecule has 1 heterocycles. The molecule has 16 heavy (non-hydrogen) atoms. The van der Waals surface area contributed by atoms with Gasteiger partial charge in [0, 0.05) is 21.5 Å². The Hall–Kier alpha value is -0.0900. The van der Waals surface area contributed by atoms with E-state index in [4.69, 9.17) is 16.3 Å². The quantitative estimate of drug-likeness (QED) is 0.930. The van der Waals surface area contributed by atoms with E-state index in [0.29, 0.717) is 6.61 Å². The van der Waals surface area contributed by atoms with Crippen LogP contribution in [-0.4, -0.2) is 24.9 Å². The third kappa shape index (κ3) is 2.59. The Morgan fingerprint density at radius 1 is 1.50 bits per heavy atom. The van der Waals surface area contributed by atoms with Crippen molar-refractivity contribution in [2.24, 2.45) is 5.41 Å². The largest absolute Gasteiger partial charge is 0.396 e. The number of aliphatic hydroxyl groups is 1. The predicted octanol–water partition coefficient (Wildman–Crippen LogP) is 3.04. The van der Waals surface area contributed by atoms with Gasteiger partial charge in [-0.25, -0.2) is 0 Å². The molecule has 2 rings (SSSR count). The highest BCUT2D eigenvalue weighted by molar-refractivity contribution is 9.10. The summed E-state index contributed by atoms with van der Waals surface area (Å²) in [5, 5.41) is 10.2. The van der Waals surface area contributed by atoms with Gasteiger partial charge in [0.15, 0.2) is 0 Å². The zero-order valence-electron chi connectivity index (χ0n) is 8.88. The molecule has 1 aliphatic rings. The maximum absolute atomic E-state index is 9.49. The molecular formula is C12H14BrClO2. The number of benzene rings is 1. The van der Waals surface area contributed by atoms with Crippen molar-refractivity contribution in [3.05, 3.63) is 33.3 Å². The lowest BCUT2D eigenvalue weighted by atomic mass is 9.82. The fraction of sp³-hybridized carbons (Fsp3) is 0.500. The van der Waals surface area contributed by atoms with Gasteiger partial charge in [0.1, 0.15) is 0 Å². The number of rotatable bonds is 3. The predicted molar refractivity (Wildman–Crippen MR) is 67.8 cm³/mol. The summed E-state index contributed by atoms with van der Waals surface area (Å²) in [5.41, 5.74) is 0.932. The minimum atomic E-state index is -0.141. The lowest BCUT2D eigenvalue weighted by molar-refractivity contribution is 0.0935. The molecule has 0 radical (unpaired) electrons. The van der Waals surface area contributed by atoms with Crippen LogP contribution in [0.15, 0.2) is 22.7 Å². The standard InChI is InChI=1S/C12H14BrClO2/c13-10-2-1-9(11(14)5-10)6-12(7-15)3-4-16-8-12/h1-2,5,15H,3-4,6-8H2. The number of hydrogen-bond acceptors (Lipinski definition) is 2. The molecule has 1 aromatic carbocycles. The first-order chi connectivity index (χ1) is 7.65. The summed E-state index contributed by atoms with van der Waals surface area (Å²) in [6.45, 7) is 1.50. The second kappa shape index (κ2) is 5.05. The first-order valence-electron chi connectivity index (χ1n) is 5.28. The van der Waals surface area contributed by atoms with Crippen LogP contribution in [0.3, 0.4) is 0 Å². The van der Waals surface area contributed by atoms with E-state index in [1.165, 1.54) is 0 Å². The highest BCUT2D eigenvalue weighted by atomic mass is 79.9. The van der Waals surface area contributed by atoms with E-state index in [0.717, 1.165) is 34.5 Å². The van der Waals surface area contributed by atoms with Crippen LogP contribution in [0.5, 0.6) is 0 Å². The van der Waals surface area contributed by atoms with Gasteiger partial charge >= 0.3 is 0 Å². The van der Waals surface area contributed by atoms with Crippen LogP contribution in [0.4, 0.5) is 0 Å². The summed E-state index contributed by atoms with van der Waals surface area (Å²) in [6.07, 6.45) is 1.67. The van der Waals surface area contributed by atoms with E-state index >= 15 is 0 Å². The molecule has 1 N–H and O–H groups in total. The maximum atomic E-state index is 9.49. The molecule has 1 aromatic rings. The van der Waals surface area contributed by atoms with Gasteiger partial charge < -0.3 is 9.84 Å². The fourth-order valence-corrected chi connectivity index (χ4v) is 2.78. The van der Waals surface area contributed by atoms with Crippen molar-refractivity contribution < 1.29 is 9.84 Å². The maximum Gasteiger partial charge on any atom is 0.0548 e. The Morgan fingerprint density at radius 3 is 2.88 bits per heavy atom. The zero-order chi connectivity index (χ0) is 11.6. The van der Waals surface area contributed by atoms with Crippen molar-refractivity contribution in [1.29, 1.82) is 0 Å². The SMILES string of the molecule is OCC1(Cc2ccc(Br)cc2Cl)CCOC1. The van der Waals surface area contributed by atoms with Crippen molar-refractivity contribution in [3.8, 4) is 0 Å². The van der Waals surface area contributed by atoms with Crippen LogP contribution in [0.2, 0.25) is 5.02 Å². The minimum Gasteiger partial charge on any atom is -0.396 e. The van der Waals surface area contributed by atoms with Gasteiger partial charge in [-0.1, -0.05) is 33.6 Å². The first-order valence-corrected chi connectivity index (χ1v) is 6.45. The van der Waals surface area contributed by atoms with Crippen molar-refractivity contribution >= 4 is 27.5 Å². The smallest absolute Gasteiger partial charge is 0.0548 e. The van der Waals surface area contributed by atoms with Gasteiger partial charge in [-0.3, -0.25) is 0 Å². The van der Waals surface area contributed by atoms with Crippen LogP contribution < -0.4 is 0 Å². The van der Waals surface area contributed by atoms with Crippen LogP contribution in [0.25, 0.3) is 0 Å². The minimum absolute atomic E-state index is 0.141. The molecule has 1 aliphatic heterocycles. The van der Waals surface area contributed by atoms with Crippen molar-refractivity contribution in [2.45, 2.75) is 12.8 Å². The van der Waals surface area contributed by atoms with Gasteiger partial charge in [-0.15, -0.1) is 0 Å². The Balaban J connectivity index is 2.19. The monoisotopic (exact) mass is 304 g/mol. The van der Waals surface area contributed by atoms with Crippen LogP contribution in [-0.2, 0) is 11.2 Å². The molecule has 0 amide bonds. The van der Waals surface area contributed by atoms with Crippen LogP contribution in [0, 0.1) is 5.41 Å². The molecule has 4 heteroatoms. The van der Waals surface area contributed by atoms with E-state index in [9.17, 15) is 5.11 Å². The van der Waals surface area contributed by atoms with E-state index < -0.39 is 0 Å². The number of aliphatic hydroxyl groups excluding tert-OH is 1. The highest BCUT2D eigenvalue weighted by Gasteiger charge is 2.34. The van der Waals surface area contributed by atoms with Crippen molar-refractivity contribution in [3.63, 3.8) is 0 Å². The second-order valence-electron chi connectivity index (χ2n) is 4.37. The van der Waals surface area contributed by atoms with Crippen molar-refractivity contribution in [2.75, 3.05) is 19.8 Å². The molecule has 0 aliphatic carbocycles. The summed E-state index contributed by atoms with van der Waals surface area (Å²) in [7, 11) is 0. The Kier molecular flexibility index (Phi) is 3.90. The Bertz CT molecular complexity index is 375. The van der Waals surface area contributed by atoms with E-state index in [-0.39, 0.29) is 12.0 Å². The summed E-state index contributed by atoms with van der Waals surface area (Å²) >= 11 is 9.56. The molecule has 0 spiro atoms. The van der Waals surface area contributed by atoms with Gasteiger partial charge in [0.2, 0.25) is 0 Å². The van der Waals surface area contributed by atoms with Crippen LogP contribution in [0.1, 0.15) is 12.0 Å². The van der Waals surface area contributed by atoms with Gasteiger partial charge in [-0.05, 0) is 30.5 Å². The molecule has 1 fully saturated rings. The highest BCUT2D eigenvalue weighted by Crippen LogP contribution is 2.34. The summed E-state index contributed by atoms with van der Waals surface area (Å²) < 4.78 is 6.35. The second-order valence-corrected chi connectivity index (χ2v) is 5.70. The molecule has 0 saturated carbocycles. The summed E-state index contributed by atoms with van der Waals surface area (Å²) in [5.74, 6) is 0. The fourth-order valence-electron chi connectivity index (χ4n) is 2.04. The van der Waals surface area contributed by atoms with Crippen LogP contribution >= 0.6 is 27.5 Å². The lowest BCUT2D eigenvalue weighted by Crippen LogP contribution is -2.28. The average molecular weight is 306 g/mol. The topological polar surface area (TPSA) is 29.5 Å². The average Bonchev–Trinajstić information content (AvgIpc) is 2.72. The molecule has 2 nitrogen and oxygen atoms in total. The van der Waals surface area contributed by atoms with E-state index in [2.05, 4.69) is 15.9 Å². The summed E-state index contributed by atoms with van der Waals surface area (Å²) in [4.78, 5) is 0. The molecule has 1 saturated heterocycles. The first kappa shape index (κ1) is 12.4. The van der Waals surface area contributed by atoms with Crippen molar-refractivity contribution in [1.82, 2.24) is 0 Å². The zero-order valence-corrected chi connectivity index (χ0v) is 11.2. The summed E-state index contributed by atoms with van der Waals surface area (Å²) in [6, 6.07) is 5.86. The van der Waals surface area contributed by atoms with E-state index in [1.807, 2.05) is 18.2 Å². The normalized spacial score (nSPS) is 24.9. The third-order valence-electron chi connectivity index (χ3n) is 3.10. The van der Waals surface area contributed by atoms with Gasteiger partial charge in [0.05, 0.1) is 13.2 Å². The molecule has 0 bridgehead atoms. The number of hydrogen-bond donors (Lipinski definition) is 1. The Morgan fingerprint density at radius 2 is 2.31 bits per heavy atom. The molecule has 1 atom stereocenters. The molecule has 1 unspecified atom stereocenters. The van der Waals surface area contributed by atoms with Gasteiger partial charge in [-0.2, -0.15) is 0 Å². The van der Waals surface area contributed by atoms with E-state index in [1.54, 1.807) is 0 Å². The molecule has 0 aromatic heterocycles. The van der Waals surface area contributed by atoms with Gasteiger partial charge in [0.25, 0.3) is 0 Å². The third-order valence-corrected chi connectivity index (χ3v) is 3.95. The molecule has 88 valence electrons. The molecular weight excluding hydrogens is 291 g/mol. The Labute approximate surface area is 109 Å². The number of halogens is 2. The lowest BCUT2D eigenvalue weighted by Gasteiger charge is -2.25. The number of ether oxygens (including phenoxy) is 1.